The number of fused-ring (bicyclic) bond motifs is 1. The fourth-order valence-electron chi connectivity index (χ4n) is 2.36. The highest BCUT2D eigenvalue weighted by molar-refractivity contribution is 14.1. The number of carbonyl (C=O) groups is 2. The number of amides is 1. The Balaban J connectivity index is 1.88. The first kappa shape index (κ1) is 19.0. The van der Waals surface area contributed by atoms with Gasteiger partial charge in [-0.05, 0) is 58.5 Å². The van der Waals surface area contributed by atoms with Crippen LogP contribution in [0.4, 0.5) is 0 Å². The van der Waals surface area contributed by atoms with Gasteiger partial charge in [0.15, 0.2) is 11.5 Å². The Morgan fingerprint density at radius 2 is 1.96 bits per heavy atom. The fourth-order valence-corrected chi connectivity index (χ4v) is 3.00. The van der Waals surface area contributed by atoms with Crippen molar-refractivity contribution in [2.75, 3.05) is 13.4 Å². The zero-order chi connectivity index (χ0) is 19.2. The lowest BCUT2D eigenvalue weighted by Gasteiger charge is -2.11. The molecule has 0 bridgehead atoms. The second-order valence-corrected chi connectivity index (χ2v) is 6.65. The van der Waals surface area contributed by atoms with Crippen molar-refractivity contribution in [1.82, 2.24) is 5.32 Å². The van der Waals surface area contributed by atoms with Crippen LogP contribution in [0.15, 0.2) is 60.8 Å². The molecule has 27 heavy (non-hydrogen) atoms. The second-order valence-electron chi connectivity index (χ2n) is 5.49. The minimum atomic E-state index is -0.660. The van der Waals surface area contributed by atoms with Crippen LogP contribution in [0.3, 0.4) is 0 Å². The smallest absolute Gasteiger partial charge is 0.355 e. The first-order valence-electron chi connectivity index (χ1n) is 8.03. The summed E-state index contributed by atoms with van der Waals surface area (Å²) in [5.41, 5.74) is 1.14. The summed E-state index contributed by atoms with van der Waals surface area (Å²) in [4.78, 5) is 25.0. The van der Waals surface area contributed by atoms with Gasteiger partial charge in [-0.2, -0.15) is 0 Å². The van der Waals surface area contributed by atoms with Gasteiger partial charge in [-0.3, -0.25) is 4.79 Å². The third-order valence-electron chi connectivity index (χ3n) is 3.63. The number of nitrogens with one attached hydrogen (secondary N) is 1. The van der Waals surface area contributed by atoms with E-state index in [2.05, 4.69) is 34.5 Å². The van der Waals surface area contributed by atoms with Crippen LogP contribution in [-0.4, -0.2) is 25.3 Å². The largest absolute Gasteiger partial charge is 0.457 e. The van der Waals surface area contributed by atoms with Gasteiger partial charge in [0, 0.05) is 3.57 Å². The molecule has 0 saturated carbocycles. The summed E-state index contributed by atoms with van der Waals surface area (Å²) >= 11 is 2.07. The molecule has 0 radical (unpaired) electrons. The molecule has 1 N–H and O–H groups in total. The van der Waals surface area contributed by atoms with Gasteiger partial charge >= 0.3 is 5.97 Å². The van der Waals surface area contributed by atoms with Crippen molar-refractivity contribution in [1.29, 1.82) is 0 Å². The molecular formula is C20H16INO5. The molecular weight excluding hydrogens is 461 g/mol. The lowest BCUT2D eigenvalue weighted by Crippen LogP contribution is -2.29. The van der Waals surface area contributed by atoms with Gasteiger partial charge in [0.25, 0.3) is 5.91 Å². The molecule has 1 amide bonds. The summed E-state index contributed by atoms with van der Waals surface area (Å²) in [7, 11) is 0. The predicted octanol–water partition coefficient (Wildman–Crippen LogP) is 3.52. The Morgan fingerprint density at radius 1 is 1.19 bits per heavy atom. The number of carbonyl (C=O) groups excluding carboxylic acids is 2. The maximum atomic E-state index is 12.6. The van der Waals surface area contributed by atoms with E-state index in [0.717, 1.165) is 3.57 Å². The fraction of sp³-hybridized carbons (Fsp3) is 0.100. The molecule has 0 atom stereocenters. The Hall–Kier alpha value is -2.81. The first-order chi connectivity index (χ1) is 13.1. The van der Waals surface area contributed by atoms with Crippen molar-refractivity contribution in [2.24, 2.45) is 0 Å². The molecule has 0 fully saturated rings. The van der Waals surface area contributed by atoms with Gasteiger partial charge in [-0.15, -0.1) is 0 Å². The summed E-state index contributed by atoms with van der Waals surface area (Å²) in [6.45, 7) is 3.71. The molecule has 1 aliphatic rings. The zero-order valence-electron chi connectivity index (χ0n) is 14.2. The summed E-state index contributed by atoms with van der Waals surface area (Å²) in [6.07, 6.45) is 2.99. The topological polar surface area (TPSA) is 73.9 Å². The number of rotatable bonds is 6. The lowest BCUT2D eigenvalue weighted by molar-refractivity contribution is -0.138. The molecule has 3 rings (SSSR count). The summed E-state index contributed by atoms with van der Waals surface area (Å²) in [6, 6.07) is 12.3. The molecule has 138 valence electrons. The average molecular weight is 477 g/mol. The third-order valence-corrected chi connectivity index (χ3v) is 4.57. The first-order valence-corrected chi connectivity index (χ1v) is 9.11. The van der Waals surface area contributed by atoms with Gasteiger partial charge in [-0.1, -0.05) is 30.9 Å². The van der Waals surface area contributed by atoms with E-state index in [4.69, 9.17) is 14.2 Å². The van der Waals surface area contributed by atoms with Crippen LogP contribution in [0.1, 0.15) is 15.9 Å². The minimum Gasteiger partial charge on any atom is -0.457 e. The Bertz CT molecular complexity index is 922. The molecule has 6 nitrogen and oxygen atoms in total. The number of halogens is 1. The van der Waals surface area contributed by atoms with Crippen LogP contribution in [0, 0.1) is 3.57 Å². The van der Waals surface area contributed by atoms with E-state index in [1.54, 1.807) is 30.3 Å². The number of esters is 1. The quantitative estimate of drug-likeness (QED) is 0.299. The summed E-state index contributed by atoms with van der Waals surface area (Å²) in [5, 5.41) is 2.64. The maximum absolute atomic E-state index is 12.6. The molecule has 1 heterocycles. The van der Waals surface area contributed by atoms with Crippen molar-refractivity contribution in [3.8, 4) is 11.5 Å². The van der Waals surface area contributed by atoms with E-state index in [9.17, 15) is 9.59 Å². The van der Waals surface area contributed by atoms with E-state index in [-0.39, 0.29) is 19.1 Å². The highest BCUT2D eigenvalue weighted by atomic mass is 127. The Labute approximate surface area is 169 Å². The number of hydrogen-bond donors (Lipinski definition) is 1. The van der Waals surface area contributed by atoms with Crippen LogP contribution in [0.5, 0.6) is 11.5 Å². The standard InChI is InChI=1S/C20H16INO5/c1-2-9-25-20(24)16(22-19(23)14-5-3-4-6-15(14)21)10-13-7-8-17-18(11-13)27-12-26-17/h2-8,10-11H,1,9,12H2,(H,22,23)/b16-10-. The van der Waals surface area contributed by atoms with Crippen LogP contribution >= 0.6 is 22.6 Å². The van der Waals surface area contributed by atoms with Gasteiger partial charge in [-0.25, -0.2) is 4.79 Å². The SMILES string of the molecule is C=CCOC(=O)/C(=C/c1ccc2c(c1)OCO2)NC(=O)c1ccccc1I. The van der Waals surface area contributed by atoms with Crippen molar-refractivity contribution < 1.29 is 23.8 Å². The van der Waals surface area contributed by atoms with Crippen molar-refractivity contribution >= 4 is 40.5 Å². The van der Waals surface area contributed by atoms with E-state index < -0.39 is 11.9 Å². The van der Waals surface area contributed by atoms with Gasteiger partial charge in [0.1, 0.15) is 12.3 Å². The van der Waals surface area contributed by atoms with E-state index in [1.165, 1.54) is 12.2 Å². The molecule has 0 spiro atoms. The van der Waals surface area contributed by atoms with Crippen LogP contribution in [0.2, 0.25) is 0 Å². The van der Waals surface area contributed by atoms with Gasteiger partial charge < -0.3 is 19.5 Å². The predicted molar refractivity (Wildman–Crippen MR) is 108 cm³/mol. The summed E-state index contributed by atoms with van der Waals surface area (Å²) < 4.78 is 16.5. The number of hydrogen-bond acceptors (Lipinski definition) is 5. The van der Waals surface area contributed by atoms with E-state index in [1.807, 2.05) is 12.1 Å². The summed E-state index contributed by atoms with van der Waals surface area (Å²) in [5.74, 6) is 0.145. The van der Waals surface area contributed by atoms with Crippen molar-refractivity contribution in [2.45, 2.75) is 0 Å². The van der Waals surface area contributed by atoms with Crippen LogP contribution < -0.4 is 14.8 Å². The van der Waals surface area contributed by atoms with Gasteiger partial charge in [0.2, 0.25) is 6.79 Å². The van der Waals surface area contributed by atoms with Crippen molar-refractivity contribution in [3.63, 3.8) is 0 Å². The molecule has 0 saturated heterocycles. The molecule has 2 aromatic rings. The van der Waals surface area contributed by atoms with E-state index >= 15 is 0 Å². The van der Waals surface area contributed by atoms with Crippen LogP contribution in [-0.2, 0) is 9.53 Å². The number of ether oxygens (including phenoxy) is 3. The molecule has 0 aliphatic carbocycles. The Kier molecular flexibility index (Phi) is 6.12. The highest BCUT2D eigenvalue weighted by Gasteiger charge is 2.18. The minimum absolute atomic E-state index is 0.0142. The molecule has 2 aromatic carbocycles. The molecule has 0 unspecified atom stereocenters. The molecule has 7 heteroatoms. The lowest BCUT2D eigenvalue weighted by atomic mass is 10.1. The molecule has 0 aromatic heterocycles. The monoisotopic (exact) mass is 477 g/mol. The van der Waals surface area contributed by atoms with E-state index in [0.29, 0.717) is 22.6 Å². The third kappa shape index (κ3) is 4.68. The maximum Gasteiger partial charge on any atom is 0.355 e. The van der Waals surface area contributed by atoms with Gasteiger partial charge in [0.05, 0.1) is 5.56 Å². The normalized spacial score (nSPS) is 12.4. The second kappa shape index (κ2) is 8.72. The Morgan fingerprint density at radius 3 is 2.74 bits per heavy atom. The number of benzene rings is 2. The average Bonchev–Trinajstić information content (AvgIpc) is 3.13. The van der Waals surface area contributed by atoms with Crippen LogP contribution in [0.25, 0.3) is 6.08 Å². The zero-order valence-corrected chi connectivity index (χ0v) is 16.4. The molecule has 1 aliphatic heterocycles. The van der Waals surface area contributed by atoms with Crippen molar-refractivity contribution in [3.05, 3.63) is 75.5 Å². The highest BCUT2D eigenvalue weighted by Crippen LogP contribution is 2.33.